The Bertz CT molecular complexity index is 96.4. The maximum absolute atomic E-state index is 8.05. The Hall–Kier alpha value is -0.260. The smallest absolute Gasteiger partial charge is 0.0672 e. The molecule has 0 aromatic heterocycles. The number of rotatable bonds is 0. The van der Waals surface area contributed by atoms with Crippen LogP contribution in [0.5, 0.6) is 0 Å². The van der Waals surface area contributed by atoms with Gasteiger partial charge >= 0.3 is 0 Å². The van der Waals surface area contributed by atoms with Crippen LogP contribution in [0.25, 0.3) is 0 Å². The van der Waals surface area contributed by atoms with E-state index >= 15 is 0 Å². The first-order valence-corrected chi connectivity index (χ1v) is 2.00. The molecule has 0 amide bonds. The standard InChI is InChI=1S/C4H6N2.ClH/c5-2-3-1-4(3)6;/h3-4H,1,6H2;1H/t3-,4?;/m0./s1. The molecular weight excluding hydrogens is 112 g/mol. The lowest BCUT2D eigenvalue weighted by Crippen LogP contribution is -1.99. The third-order valence-corrected chi connectivity index (χ3v) is 1.01. The molecule has 2 N–H and O–H groups in total. The van der Waals surface area contributed by atoms with Gasteiger partial charge in [0.15, 0.2) is 0 Å². The summed E-state index contributed by atoms with van der Waals surface area (Å²) in [7, 11) is 0. The predicted molar refractivity (Wildman–Crippen MR) is 28.9 cm³/mol. The van der Waals surface area contributed by atoms with Crippen LogP contribution >= 0.6 is 12.4 Å². The van der Waals surface area contributed by atoms with Gasteiger partial charge in [-0.3, -0.25) is 0 Å². The predicted octanol–water partition coefficient (Wildman–Crippen LogP) is 0.279. The Labute approximate surface area is 48.7 Å². The first-order chi connectivity index (χ1) is 2.84. The van der Waals surface area contributed by atoms with Crippen molar-refractivity contribution < 1.29 is 0 Å². The van der Waals surface area contributed by atoms with Gasteiger partial charge in [0.2, 0.25) is 0 Å². The molecule has 1 aliphatic carbocycles. The molecule has 1 aliphatic rings. The maximum Gasteiger partial charge on any atom is 0.0672 e. The van der Waals surface area contributed by atoms with Gasteiger partial charge in [0.1, 0.15) is 0 Å². The minimum Gasteiger partial charge on any atom is -0.326 e. The van der Waals surface area contributed by atoms with E-state index in [2.05, 4.69) is 6.07 Å². The van der Waals surface area contributed by atoms with Crippen LogP contribution in [0, 0.1) is 17.2 Å². The summed E-state index contributed by atoms with van der Waals surface area (Å²) in [6.07, 6.45) is 0.913. The second-order valence-electron chi connectivity index (χ2n) is 1.64. The Morgan fingerprint density at radius 1 is 1.71 bits per heavy atom. The van der Waals surface area contributed by atoms with Crippen molar-refractivity contribution >= 4 is 12.4 Å². The van der Waals surface area contributed by atoms with Crippen molar-refractivity contribution in [1.82, 2.24) is 0 Å². The van der Waals surface area contributed by atoms with Crippen molar-refractivity contribution in [3.8, 4) is 6.07 Å². The van der Waals surface area contributed by atoms with E-state index in [1.807, 2.05) is 0 Å². The van der Waals surface area contributed by atoms with Crippen LogP contribution in [0.4, 0.5) is 0 Å². The second kappa shape index (κ2) is 2.15. The van der Waals surface area contributed by atoms with Crippen LogP contribution in [-0.2, 0) is 0 Å². The average Bonchev–Trinajstić information content (AvgIpc) is 2.19. The van der Waals surface area contributed by atoms with E-state index < -0.39 is 0 Å². The molecule has 0 bridgehead atoms. The van der Waals surface area contributed by atoms with Crippen LogP contribution in [0.15, 0.2) is 0 Å². The van der Waals surface area contributed by atoms with E-state index in [9.17, 15) is 0 Å². The second-order valence-corrected chi connectivity index (χ2v) is 1.64. The molecule has 2 nitrogen and oxygen atoms in total. The van der Waals surface area contributed by atoms with Crippen LogP contribution < -0.4 is 5.73 Å². The highest BCUT2D eigenvalue weighted by molar-refractivity contribution is 5.85. The number of nitriles is 1. The number of halogens is 1. The molecule has 0 aromatic rings. The zero-order chi connectivity index (χ0) is 4.57. The van der Waals surface area contributed by atoms with Crippen molar-refractivity contribution in [3.05, 3.63) is 0 Å². The highest BCUT2D eigenvalue weighted by Crippen LogP contribution is 2.25. The SMILES string of the molecule is Cl.N#C[C@@H]1CC1N. The van der Waals surface area contributed by atoms with Crippen LogP contribution in [0.2, 0.25) is 0 Å². The molecule has 1 unspecified atom stereocenters. The molecule has 1 fully saturated rings. The summed E-state index contributed by atoms with van der Waals surface area (Å²) < 4.78 is 0. The highest BCUT2D eigenvalue weighted by Gasteiger charge is 2.32. The van der Waals surface area contributed by atoms with E-state index in [-0.39, 0.29) is 24.4 Å². The van der Waals surface area contributed by atoms with Crippen molar-refractivity contribution in [2.45, 2.75) is 12.5 Å². The van der Waals surface area contributed by atoms with Crippen LogP contribution in [0.3, 0.4) is 0 Å². The molecule has 0 spiro atoms. The fourth-order valence-corrected chi connectivity index (χ4v) is 0.363. The highest BCUT2D eigenvalue weighted by atomic mass is 35.5. The molecule has 7 heavy (non-hydrogen) atoms. The Morgan fingerprint density at radius 3 is 2.14 bits per heavy atom. The average molecular weight is 119 g/mol. The lowest BCUT2D eigenvalue weighted by atomic mass is 10.5. The van der Waals surface area contributed by atoms with E-state index in [0.29, 0.717) is 0 Å². The summed E-state index contributed by atoms with van der Waals surface area (Å²) in [5.74, 6) is 0.185. The molecule has 0 radical (unpaired) electrons. The monoisotopic (exact) mass is 118 g/mol. The molecule has 0 aliphatic heterocycles. The molecule has 1 saturated carbocycles. The van der Waals surface area contributed by atoms with Crippen LogP contribution in [0.1, 0.15) is 6.42 Å². The Morgan fingerprint density at radius 2 is 2.14 bits per heavy atom. The zero-order valence-corrected chi connectivity index (χ0v) is 4.61. The maximum atomic E-state index is 8.05. The van der Waals surface area contributed by atoms with E-state index in [0.717, 1.165) is 6.42 Å². The summed E-state index contributed by atoms with van der Waals surface area (Å²) in [5, 5.41) is 8.05. The van der Waals surface area contributed by atoms with Gasteiger partial charge < -0.3 is 5.73 Å². The normalized spacial score (nSPS) is 35.4. The molecule has 0 aromatic carbocycles. The molecule has 0 heterocycles. The zero-order valence-electron chi connectivity index (χ0n) is 3.79. The van der Waals surface area contributed by atoms with E-state index in [1.165, 1.54) is 0 Å². The number of nitrogens with two attached hydrogens (primary N) is 1. The molecule has 40 valence electrons. The molecule has 2 atom stereocenters. The lowest BCUT2D eigenvalue weighted by molar-refractivity contribution is 0.985. The van der Waals surface area contributed by atoms with Gasteiger partial charge in [-0.05, 0) is 6.42 Å². The van der Waals surface area contributed by atoms with Gasteiger partial charge in [0.25, 0.3) is 0 Å². The summed E-state index contributed by atoms with van der Waals surface area (Å²) in [6, 6.07) is 2.27. The van der Waals surface area contributed by atoms with Gasteiger partial charge in [0.05, 0.1) is 12.0 Å². The summed E-state index contributed by atoms with van der Waals surface area (Å²) in [5.41, 5.74) is 5.25. The third kappa shape index (κ3) is 1.34. The van der Waals surface area contributed by atoms with Gasteiger partial charge in [-0.1, -0.05) is 0 Å². The largest absolute Gasteiger partial charge is 0.326 e. The number of hydrogen-bond acceptors (Lipinski definition) is 2. The van der Waals surface area contributed by atoms with E-state index in [4.69, 9.17) is 11.0 Å². The van der Waals surface area contributed by atoms with Crippen molar-refractivity contribution in [2.75, 3.05) is 0 Å². The fraction of sp³-hybridized carbons (Fsp3) is 0.750. The van der Waals surface area contributed by atoms with Gasteiger partial charge in [-0.2, -0.15) is 5.26 Å². The van der Waals surface area contributed by atoms with Gasteiger partial charge in [0, 0.05) is 6.04 Å². The van der Waals surface area contributed by atoms with Crippen molar-refractivity contribution in [3.63, 3.8) is 0 Å². The topological polar surface area (TPSA) is 49.8 Å². The summed E-state index contributed by atoms with van der Waals surface area (Å²) in [6.45, 7) is 0. The molecule has 1 rings (SSSR count). The first-order valence-electron chi connectivity index (χ1n) is 2.00. The van der Waals surface area contributed by atoms with Crippen LogP contribution in [-0.4, -0.2) is 6.04 Å². The van der Waals surface area contributed by atoms with Gasteiger partial charge in [-0.25, -0.2) is 0 Å². The summed E-state index contributed by atoms with van der Waals surface area (Å²) in [4.78, 5) is 0. The fourth-order valence-electron chi connectivity index (χ4n) is 0.363. The summed E-state index contributed by atoms with van der Waals surface area (Å²) >= 11 is 0. The van der Waals surface area contributed by atoms with E-state index in [1.54, 1.807) is 0 Å². The molecular formula is C4H7ClN2. The minimum absolute atomic E-state index is 0. The quantitative estimate of drug-likeness (QED) is 0.497. The first kappa shape index (κ1) is 6.74. The Balaban J connectivity index is 0.000000360. The number of hydrogen-bond donors (Lipinski definition) is 1. The molecule has 0 saturated heterocycles. The van der Waals surface area contributed by atoms with Gasteiger partial charge in [-0.15, -0.1) is 12.4 Å². The Kier molecular flexibility index (Phi) is 2.07. The third-order valence-electron chi connectivity index (χ3n) is 1.01. The number of nitrogens with zero attached hydrogens (tertiary/aromatic N) is 1. The van der Waals surface area contributed by atoms with Crippen molar-refractivity contribution in [2.24, 2.45) is 11.7 Å². The molecule has 3 heteroatoms. The van der Waals surface area contributed by atoms with Crippen molar-refractivity contribution in [1.29, 1.82) is 5.26 Å². The minimum atomic E-state index is 0. The lowest BCUT2D eigenvalue weighted by Gasteiger charge is -1.67.